The maximum Gasteiger partial charge on any atom is 0.350 e. The second-order valence-corrected chi connectivity index (χ2v) is 5.55. The van der Waals surface area contributed by atoms with Crippen LogP contribution in [0.2, 0.25) is 0 Å². The third-order valence-corrected chi connectivity index (χ3v) is 3.87. The number of carbonyl (C=O) groups is 1. The summed E-state index contributed by atoms with van der Waals surface area (Å²) in [6.45, 7) is 2.46. The van der Waals surface area contributed by atoms with Crippen LogP contribution in [-0.2, 0) is 17.9 Å². The summed E-state index contributed by atoms with van der Waals surface area (Å²) in [5, 5.41) is 4.18. The predicted molar refractivity (Wildman–Crippen MR) is 87.1 cm³/mol. The maximum atomic E-state index is 12.4. The topological polar surface area (TPSA) is 59.6 Å². The largest absolute Gasteiger partial charge is 0.350 e. The number of hydrogen-bond donors (Lipinski definition) is 0. The molecule has 3 aromatic rings. The van der Waals surface area contributed by atoms with Crippen LogP contribution in [0.3, 0.4) is 0 Å². The number of amides is 1. The van der Waals surface area contributed by atoms with E-state index in [1.54, 1.807) is 36.3 Å². The van der Waals surface area contributed by atoms with E-state index in [2.05, 4.69) is 5.10 Å². The van der Waals surface area contributed by atoms with Gasteiger partial charge in [0.1, 0.15) is 6.54 Å². The Bertz CT molecular complexity index is 910. The van der Waals surface area contributed by atoms with Gasteiger partial charge >= 0.3 is 5.69 Å². The molecule has 0 saturated carbocycles. The summed E-state index contributed by atoms with van der Waals surface area (Å²) >= 11 is 0. The van der Waals surface area contributed by atoms with Crippen LogP contribution >= 0.6 is 0 Å². The Hall–Kier alpha value is -2.89. The molecule has 0 unspecified atom stereocenters. The van der Waals surface area contributed by atoms with Crippen LogP contribution in [0, 0.1) is 6.92 Å². The van der Waals surface area contributed by atoms with Gasteiger partial charge in [0.15, 0.2) is 5.65 Å². The first-order chi connectivity index (χ1) is 11.1. The fourth-order valence-electron chi connectivity index (χ4n) is 2.45. The number of benzene rings is 1. The van der Waals surface area contributed by atoms with Gasteiger partial charge in [-0.1, -0.05) is 30.3 Å². The van der Waals surface area contributed by atoms with Crippen molar-refractivity contribution in [2.75, 3.05) is 7.05 Å². The molecule has 0 N–H and O–H groups in total. The zero-order valence-corrected chi connectivity index (χ0v) is 13.1. The second-order valence-electron chi connectivity index (χ2n) is 5.55. The summed E-state index contributed by atoms with van der Waals surface area (Å²) in [4.78, 5) is 26.2. The highest BCUT2D eigenvalue weighted by Gasteiger charge is 2.14. The standard InChI is InChI=1S/C17H18N4O2/c1-13-7-3-4-8-14(13)11-19(2)16(22)12-21-17(23)20-10-6-5-9-15(20)18-21/h3-10H,11-12H2,1-2H3. The summed E-state index contributed by atoms with van der Waals surface area (Å²) in [5.74, 6) is -0.154. The van der Waals surface area contributed by atoms with Gasteiger partial charge in [-0.2, -0.15) is 0 Å². The fourth-order valence-corrected chi connectivity index (χ4v) is 2.45. The van der Waals surface area contributed by atoms with Crippen molar-refractivity contribution >= 4 is 11.6 Å². The van der Waals surface area contributed by atoms with Crippen molar-refractivity contribution in [2.24, 2.45) is 0 Å². The Morgan fingerprint density at radius 3 is 2.65 bits per heavy atom. The van der Waals surface area contributed by atoms with Crippen molar-refractivity contribution in [2.45, 2.75) is 20.0 Å². The molecule has 0 spiro atoms. The molecule has 3 rings (SSSR count). The number of rotatable bonds is 4. The van der Waals surface area contributed by atoms with Crippen molar-refractivity contribution in [1.29, 1.82) is 0 Å². The van der Waals surface area contributed by atoms with Gasteiger partial charge in [-0.05, 0) is 30.2 Å². The van der Waals surface area contributed by atoms with E-state index in [0.717, 1.165) is 11.1 Å². The number of carbonyl (C=O) groups excluding carboxylic acids is 1. The lowest BCUT2D eigenvalue weighted by molar-refractivity contribution is -0.131. The minimum atomic E-state index is -0.307. The molecule has 2 heterocycles. The van der Waals surface area contributed by atoms with Crippen molar-refractivity contribution in [1.82, 2.24) is 19.1 Å². The fraction of sp³-hybridized carbons (Fsp3) is 0.235. The SMILES string of the molecule is Cc1ccccc1CN(C)C(=O)Cn1nc2ccccn2c1=O. The van der Waals surface area contributed by atoms with Gasteiger partial charge in [0.2, 0.25) is 5.91 Å². The zero-order chi connectivity index (χ0) is 16.4. The van der Waals surface area contributed by atoms with E-state index in [4.69, 9.17) is 0 Å². The first-order valence-corrected chi connectivity index (χ1v) is 7.39. The minimum absolute atomic E-state index is 0.0666. The third kappa shape index (κ3) is 3.01. The van der Waals surface area contributed by atoms with Gasteiger partial charge in [-0.3, -0.25) is 9.20 Å². The normalized spacial score (nSPS) is 10.9. The first-order valence-electron chi connectivity index (χ1n) is 7.39. The molecule has 0 saturated heterocycles. The number of nitrogens with zero attached hydrogens (tertiary/aromatic N) is 4. The molecule has 23 heavy (non-hydrogen) atoms. The number of pyridine rings is 1. The van der Waals surface area contributed by atoms with Gasteiger partial charge < -0.3 is 4.90 Å². The summed E-state index contributed by atoms with van der Waals surface area (Å²) in [5.41, 5.74) is 2.45. The molecule has 1 aromatic carbocycles. The number of aryl methyl sites for hydroxylation is 1. The number of hydrogen-bond acceptors (Lipinski definition) is 3. The van der Waals surface area contributed by atoms with E-state index < -0.39 is 0 Å². The Balaban J connectivity index is 1.76. The second kappa shape index (κ2) is 6.08. The highest BCUT2D eigenvalue weighted by Crippen LogP contribution is 2.09. The molecule has 0 radical (unpaired) electrons. The van der Waals surface area contributed by atoms with Crippen LogP contribution in [0.15, 0.2) is 53.5 Å². The van der Waals surface area contributed by atoms with Gasteiger partial charge in [-0.25, -0.2) is 9.48 Å². The molecule has 0 aliphatic rings. The zero-order valence-electron chi connectivity index (χ0n) is 13.1. The van der Waals surface area contributed by atoms with Crippen molar-refractivity contribution in [3.05, 3.63) is 70.3 Å². The molecule has 2 aromatic heterocycles. The van der Waals surface area contributed by atoms with E-state index in [0.29, 0.717) is 12.2 Å². The van der Waals surface area contributed by atoms with Gasteiger partial charge in [-0.15, -0.1) is 5.10 Å². The highest BCUT2D eigenvalue weighted by atomic mass is 16.2. The maximum absolute atomic E-state index is 12.4. The Kier molecular flexibility index (Phi) is 3.97. The minimum Gasteiger partial charge on any atom is -0.340 e. The van der Waals surface area contributed by atoms with E-state index in [1.807, 2.05) is 31.2 Å². The van der Waals surface area contributed by atoms with Crippen molar-refractivity contribution in [3.63, 3.8) is 0 Å². The number of fused-ring (bicyclic) bond motifs is 1. The molecule has 0 bridgehead atoms. The lowest BCUT2D eigenvalue weighted by Gasteiger charge is -2.18. The Morgan fingerprint density at radius 1 is 1.17 bits per heavy atom. The average Bonchev–Trinajstić information content (AvgIpc) is 2.86. The lowest BCUT2D eigenvalue weighted by atomic mass is 10.1. The molecular weight excluding hydrogens is 292 g/mol. The molecule has 6 heteroatoms. The van der Waals surface area contributed by atoms with Crippen LogP contribution in [0.25, 0.3) is 5.65 Å². The number of likely N-dealkylation sites (N-methyl/N-ethyl adjacent to an activating group) is 1. The van der Waals surface area contributed by atoms with Crippen LogP contribution < -0.4 is 5.69 Å². The predicted octanol–water partition coefficient (Wildman–Crippen LogP) is 1.46. The Morgan fingerprint density at radius 2 is 1.91 bits per heavy atom. The van der Waals surface area contributed by atoms with Crippen LogP contribution in [0.1, 0.15) is 11.1 Å². The van der Waals surface area contributed by atoms with Crippen LogP contribution in [0.4, 0.5) is 0 Å². The molecule has 1 amide bonds. The van der Waals surface area contributed by atoms with E-state index in [9.17, 15) is 9.59 Å². The smallest absolute Gasteiger partial charge is 0.340 e. The highest BCUT2D eigenvalue weighted by molar-refractivity contribution is 5.75. The van der Waals surface area contributed by atoms with E-state index in [1.165, 1.54) is 9.08 Å². The molecule has 6 nitrogen and oxygen atoms in total. The average molecular weight is 310 g/mol. The van der Waals surface area contributed by atoms with E-state index >= 15 is 0 Å². The lowest BCUT2D eigenvalue weighted by Crippen LogP contribution is -2.34. The van der Waals surface area contributed by atoms with Crippen molar-refractivity contribution < 1.29 is 4.79 Å². The van der Waals surface area contributed by atoms with Crippen LogP contribution in [0.5, 0.6) is 0 Å². The first kappa shape index (κ1) is 15.0. The summed E-state index contributed by atoms with van der Waals surface area (Å²) in [6.07, 6.45) is 1.64. The van der Waals surface area contributed by atoms with E-state index in [-0.39, 0.29) is 18.1 Å². The van der Waals surface area contributed by atoms with Gasteiger partial charge in [0.05, 0.1) is 0 Å². The van der Waals surface area contributed by atoms with Gasteiger partial charge in [0, 0.05) is 19.8 Å². The summed E-state index contributed by atoms with van der Waals surface area (Å²) in [7, 11) is 1.73. The molecule has 0 fully saturated rings. The number of aromatic nitrogens is 3. The van der Waals surface area contributed by atoms with Crippen molar-refractivity contribution in [3.8, 4) is 0 Å². The van der Waals surface area contributed by atoms with Crippen LogP contribution in [-0.4, -0.2) is 32.0 Å². The molecule has 0 atom stereocenters. The summed E-state index contributed by atoms with van der Waals surface area (Å²) in [6, 6.07) is 13.2. The molecule has 118 valence electrons. The third-order valence-electron chi connectivity index (χ3n) is 3.87. The Labute approximate surface area is 133 Å². The molecule has 0 aliphatic carbocycles. The quantitative estimate of drug-likeness (QED) is 0.733. The molecule has 0 aliphatic heterocycles. The molecular formula is C17H18N4O2. The summed E-state index contributed by atoms with van der Waals surface area (Å²) < 4.78 is 2.63. The monoisotopic (exact) mass is 310 g/mol. The van der Waals surface area contributed by atoms with Gasteiger partial charge in [0.25, 0.3) is 0 Å².